The van der Waals surface area contributed by atoms with Crippen molar-refractivity contribution in [2.24, 2.45) is 0 Å². The van der Waals surface area contributed by atoms with Crippen LogP contribution in [-0.4, -0.2) is 0 Å². The number of allylic oxidation sites excluding steroid dienone is 8. The van der Waals surface area contributed by atoms with Gasteiger partial charge in [0.05, 0.1) is 16.7 Å². The van der Waals surface area contributed by atoms with Crippen LogP contribution in [0.2, 0.25) is 0 Å². The lowest BCUT2D eigenvalue weighted by Crippen LogP contribution is -2.08. The SMILES string of the molecule is Cc1cc(C2=C(C#N)c3cc4c(cc3C2=C(C#N)C#N)C(=C(C#N)C#N)C(c2ccc(F)c(C(F)(F)F)c2)=C4C#N)ccc1F. The minimum Gasteiger partial charge on any atom is -0.207 e. The second kappa shape index (κ2) is 10.8. The Labute approximate surface area is 252 Å². The van der Waals surface area contributed by atoms with E-state index < -0.39 is 34.5 Å². The van der Waals surface area contributed by atoms with Gasteiger partial charge in [-0.3, -0.25) is 0 Å². The van der Waals surface area contributed by atoms with Crippen molar-refractivity contribution < 1.29 is 22.0 Å². The highest BCUT2D eigenvalue weighted by atomic mass is 19.4. The fraction of sp³-hybridized carbons (Fsp3) is 0.0588. The predicted octanol–water partition coefficient (Wildman–Crippen LogP) is 7.79. The first-order valence-corrected chi connectivity index (χ1v) is 12.7. The van der Waals surface area contributed by atoms with Gasteiger partial charge in [-0.05, 0) is 71.1 Å². The van der Waals surface area contributed by atoms with Crippen molar-refractivity contribution in [2.75, 3.05) is 0 Å². The average Bonchev–Trinajstić information content (AvgIpc) is 3.50. The summed E-state index contributed by atoms with van der Waals surface area (Å²) in [5.41, 5.74) is -2.77. The number of aryl methyl sites for hydroxylation is 1. The van der Waals surface area contributed by atoms with Gasteiger partial charge < -0.3 is 0 Å². The molecule has 2 aliphatic carbocycles. The van der Waals surface area contributed by atoms with Gasteiger partial charge in [-0.15, -0.1) is 0 Å². The molecule has 0 saturated carbocycles. The zero-order chi connectivity index (χ0) is 32.8. The molecule has 0 aromatic heterocycles. The molecule has 5 rings (SSSR count). The maximum Gasteiger partial charge on any atom is 0.419 e. The van der Waals surface area contributed by atoms with Gasteiger partial charge in [0, 0.05) is 33.4 Å². The third-order valence-corrected chi connectivity index (χ3v) is 7.41. The molecule has 0 spiro atoms. The fourth-order valence-electron chi connectivity index (χ4n) is 5.52. The van der Waals surface area contributed by atoms with Crippen LogP contribution in [0.4, 0.5) is 22.0 Å². The van der Waals surface area contributed by atoms with Gasteiger partial charge >= 0.3 is 6.18 Å². The number of halogens is 5. The normalized spacial score (nSPS) is 13.2. The van der Waals surface area contributed by atoms with Crippen molar-refractivity contribution in [2.45, 2.75) is 13.1 Å². The Morgan fingerprint density at radius 2 is 1.00 bits per heavy atom. The van der Waals surface area contributed by atoms with E-state index in [0.717, 1.165) is 12.1 Å². The molecule has 0 fully saturated rings. The lowest BCUT2D eigenvalue weighted by atomic mass is 9.88. The molecule has 0 radical (unpaired) electrons. The summed E-state index contributed by atoms with van der Waals surface area (Å²) in [5, 5.41) is 59.9. The number of rotatable bonds is 2. The Kier molecular flexibility index (Phi) is 7.13. The Hall–Kier alpha value is -6.79. The molecule has 0 N–H and O–H groups in total. The largest absolute Gasteiger partial charge is 0.419 e. The summed E-state index contributed by atoms with van der Waals surface area (Å²) in [5.74, 6) is -2.12. The van der Waals surface area contributed by atoms with Gasteiger partial charge in [0.15, 0.2) is 0 Å². The van der Waals surface area contributed by atoms with Crippen LogP contribution in [0, 0.1) is 86.5 Å². The monoisotopic (exact) mass is 598 g/mol. The maximum absolute atomic E-state index is 14.2. The fourth-order valence-corrected chi connectivity index (χ4v) is 5.52. The van der Waals surface area contributed by atoms with Gasteiger partial charge in [-0.25, -0.2) is 8.78 Å². The Bertz CT molecular complexity index is 2260. The van der Waals surface area contributed by atoms with E-state index in [0.29, 0.717) is 17.7 Å². The highest BCUT2D eigenvalue weighted by molar-refractivity contribution is 6.29. The van der Waals surface area contributed by atoms with Crippen LogP contribution in [-0.2, 0) is 6.18 Å². The molecule has 6 nitrogen and oxygen atoms in total. The summed E-state index contributed by atoms with van der Waals surface area (Å²) >= 11 is 0. The summed E-state index contributed by atoms with van der Waals surface area (Å²) < 4.78 is 69.3. The van der Waals surface area contributed by atoms with Gasteiger partial charge in [-0.2, -0.15) is 44.7 Å². The molecule has 45 heavy (non-hydrogen) atoms. The maximum atomic E-state index is 14.2. The first kappa shape index (κ1) is 29.7. The van der Waals surface area contributed by atoms with Crippen LogP contribution in [0.1, 0.15) is 44.5 Å². The van der Waals surface area contributed by atoms with E-state index >= 15 is 0 Å². The summed E-state index contributed by atoms with van der Waals surface area (Å²) in [6.45, 7) is 1.48. The third kappa shape index (κ3) is 4.50. The van der Waals surface area contributed by atoms with Crippen molar-refractivity contribution in [3.63, 3.8) is 0 Å². The van der Waals surface area contributed by atoms with Gasteiger partial charge in [0.25, 0.3) is 0 Å². The average molecular weight is 598 g/mol. The smallest absolute Gasteiger partial charge is 0.207 e. The highest BCUT2D eigenvalue weighted by Gasteiger charge is 2.39. The molecule has 3 aromatic carbocycles. The summed E-state index contributed by atoms with van der Waals surface area (Å²) in [6.07, 6.45) is -5.11. The van der Waals surface area contributed by atoms with Crippen LogP contribution in [0.15, 0.2) is 59.7 Å². The molecular formula is C34H11F5N6. The Morgan fingerprint density at radius 1 is 0.578 bits per heavy atom. The molecular weight excluding hydrogens is 587 g/mol. The molecule has 2 aliphatic rings. The van der Waals surface area contributed by atoms with E-state index in [-0.39, 0.29) is 66.8 Å². The van der Waals surface area contributed by atoms with Crippen molar-refractivity contribution in [1.29, 1.82) is 31.6 Å². The van der Waals surface area contributed by atoms with Crippen molar-refractivity contribution >= 4 is 33.4 Å². The molecule has 212 valence electrons. The van der Waals surface area contributed by atoms with Crippen molar-refractivity contribution in [1.82, 2.24) is 0 Å². The lowest BCUT2D eigenvalue weighted by molar-refractivity contribution is -0.140. The number of hydrogen-bond donors (Lipinski definition) is 0. The molecule has 11 heteroatoms. The molecule has 0 aliphatic heterocycles. The van der Waals surface area contributed by atoms with Crippen LogP contribution in [0.5, 0.6) is 0 Å². The first-order valence-electron chi connectivity index (χ1n) is 12.7. The minimum atomic E-state index is -5.11. The number of benzene rings is 3. The number of alkyl halides is 3. The van der Waals surface area contributed by atoms with Gasteiger partial charge in [0.2, 0.25) is 0 Å². The van der Waals surface area contributed by atoms with E-state index in [9.17, 15) is 53.5 Å². The molecule has 0 amide bonds. The minimum absolute atomic E-state index is 0.0109. The van der Waals surface area contributed by atoms with Gasteiger partial charge in [-0.1, -0.05) is 12.1 Å². The summed E-state index contributed by atoms with van der Waals surface area (Å²) in [7, 11) is 0. The molecule has 3 aromatic rings. The van der Waals surface area contributed by atoms with E-state index in [2.05, 4.69) is 0 Å². The standard InChI is InChI=1S/C34H11F5N6/c1-16-6-17(2-4-28(16)35)30-25(14-44)21-8-22-24(9-23(21)32(30)19(10-40)11-41)33(20(12-42)13-43)31(26(22)15-45)18-3-5-29(36)27(7-18)34(37,38)39/h2-9H,1H3. The Balaban J connectivity index is 1.93. The summed E-state index contributed by atoms with van der Waals surface area (Å²) in [6, 6.07) is 19.5. The first-order chi connectivity index (χ1) is 21.4. The third-order valence-electron chi connectivity index (χ3n) is 7.41. The lowest BCUT2D eigenvalue weighted by Gasteiger charge is -2.13. The molecule has 0 bridgehead atoms. The van der Waals surface area contributed by atoms with E-state index in [1.54, 1.807) is 24.3 Å². The molecule has 0 unspecified atom stereocenters. The second-order valence-electron chi connectivity index (χ2n) is 9.77. The Morgan fingerprint density at radius 3 is 1.40 bits per heavy atom. The van der Waals surface area contributed by atoms with E-state index in [1.165, 1.54) is 31.2 Å². The number of hydrogen-bond acceptors (Lipinski definition) is 6. The van der Waals surface area contributed by atoms with Crippen molar-refractivity contribution in [3.05, 3.63) is 116 Å². The number of fused-ring (bicyclic) bond motifs is 2. The second-order valence-corrected chi connectivity index (χ2v) is 9.77. The van der Waals surface area contributed by atoms with Crippen LogP contribution in [0.25, 0.3) is 33.4 Å². The van der Waals surface area contributed by atoms with Gasteiger partial charge in [0.1, 0.15) is 59.2 Å². The summed E-state index contributed by atoms with van der Waals surface area (Å²) in [4.78, 5) is 0. The zero-order valence-corrected chi connectivity index (χ0v) is 22.7. The van der Waals surface area contributed by atoms with Crippen LogP contribution in [0.3, 0.4) is 0 Å². The van der Waals surface area contributed by atoms with Crippen LogP contribution < -0.4 is 0 Å². The molecule has 0 saturated heterocycles. The quantitative estimate of drug-likeness (QED) is 0.218. The highest BCUT2D eigenvalue weighted by Crippen LogP contribution is 2.54. The predicted molar refractivity (Wildman–Crippen MR) is 150 cm³/mol. The molecule has 0 heterocycles. The number of nitrogens with zero attached hydrogens (tertiary/aromatic N) is 6. The van der Waals surface area contributed by atoms with E-state index in [4.69, 9.17) is 0 Å². The topological polar surface area (TPSA) is 143 Å². The van der Waals surface area contributed by atoms with Crippen molar-refractivity contribution in [3.8, 4) is 36.4 Å². The molecule has 0 atom stereocenters. The van der Waals surface area contributed by atoms with Crippen LogP contribution >= 0.6 is 0 Å². The number of nitriles is 6. The zero-order valence-electron chi connectivity index (χ0n) is 22.7. The van der Waals surface area contributed by atoms with E-state index in [1.807, 2.05) is 12.1 Å².